The highest BCUT2D eigenvalue weighted by molar-refractivity contribution is 5.82. The Labute approximate surface area is 132 Å². The lowest BCUT2D eigenvalue weighted by Crippen LogP contribution is -2.49. The minimum absolute atomic E-state index is 0.0102. The summed E-state index contributed by atoms with van der Waals surface area (Å²) in [5, 5.41) is 6.25. The highest BCUT2D eigenvalue weighted by Crippen LogP contribution is 2.10. The van der Waals surface area contributed by atoms with Crippen LogP contribution in [0.25, 0.3) is 0 Å². The smallest absolute Gasteiger partial charge is 0.237 e. The zero-order chi connectivity index (χ0) is 15.2. The van der Waals surface area contributed by atoms with Crippen molar-refractivity contribution in [3.63, 3.8) is 0 Å². The summed E-state index contributed by atoms with van der Waals surface area (Å²) in [6.45, 7) is 5.04. The van der Waals surface area contributed by atoms with Gasteiger partial charge in [0.05, 0.1) is 18.8 Å². The van der Waals surface area contributed by atoms with Crippen molar-refractivity contribution in [1.82, 2.24) is 15.5 Å². The van der Waals surface area contributed by atoms with Crippen molar-refractivity contribution in [2.75, 3.05) is 32.8 Å². The SMILES string of the molecule is O=C(NCC1CN(Cc2ccccc2)CCO1)[C@@H]1CCCN1. The van der Waals surface area contributed by atoms with Crippen LogP contribution >= 0.6 is 0 Å². The standard InChI is InChI=1S/C17H25N3O2/c21-17(16-7-4-8-18-16)19-11-15-13-20(9-10-22-15)12-14-5-2-1-3-6-14/h1-3,5-6,15-16,18H,4,7-13H2,(H,19,21)/t15?,16-/m0/s1. The molecule has 3 rings (SSSR count). The number of ether oxygens (including phenoxy) is 1. The van der Waals surface area contributed by atoms with Gasteiger partial charge in [0.1, 0.15) is 0 Å². The van der Waals surface area contributed by atoms with E-state index >= 15 is 0 Å². The fourth-order valence-electron chi connectivity index (χ4n) is 3.14. The first-order valence-corrected chi connectivity index (χ1v) is 8.20. The summed E-state index contributed by atoms with van der Waals surface area (Å²) in [6, 6.07) is 10.5. The maximum absolute atomic E-state index is 12.0. The summed E-state index contributed by atoms with van der Waals surface area (Å²) in [5.41, 5.74) is 1.32. The van der Waals surface area contributed by atoms with Gasteiger partial charge in [-0.1, -0.05) is 30.3 Å². The van der Waals surface area contributed by atoms with Crippen molar-refractivity contribution in [3.8, 4) is 0 Å². The summed E-state index contributed by atoms with van der Waals surface area (Å²) >= 11 is 0. The van der Waals surface area contributed by atoms with Gasteiger partial charge in [-0.3, -0.25) is 9.69 Å². The molecule has 120 valence electrons. The maximum atomic E-state index is 12.0. The molecule has 2 aliphatic heterocycles. The molecular weight excluding hydrogens is 278 g/mol. The van der Waals surface area contributed by atoms with E-state index in [2.05, 4.69) is 39.8 Å². The molecule has 0 radical (unpaired) electrons. The fraction of sp³-hybridized carbons (Fsp3) is 0.588. The zero-order valence-corrected chi connectivity index (χ0v) is 13.0. The van der Waals surface area contributed by atoms with E-state index in [0.29, 0.717) is 6.54 Å². The van der Waals surface area contributed by atoms with Gasteiger partial charge in [0, 0.05) is 26.2 Å². The molecule has 2 N–H and O–H groups in total. The highest BCUT2D eigenvalue weighted by atomic mass is 16.5. The van der Waals surface area contributed by atoms with E-state index in [1.165, 1.54) is 5.56 Å². The van der Waals surface area contributed by atoms with Crippen molar-refractivity contribution in [2.24, 2.45) is 0 Å². The Bertz CT molecular complexity index is 474. The van der Waals surface area contributed by atoms with Crippen molar-refractivity contribution >= 4 is 5.91 Å². The van der Waals surface area contributed by atoms with Gasteiger partial charge in [0.15, 0.2) is 0 Å². The van der Waals surface area contributed by atoms with Gasteiger partial charge < -0.3 is 15.4 Å². The minimum atomic E-state index is -0.0102. The number of benzene rings is 1. The molecule has 2 saturated heterocycles. The van der Waals surface area contributed by atoms with E-state index in [9.17, 15) is 4.79 Å². The first-order valence-electron chi connectivity index (χ1n) is 8.20. The number of nitrogens with zero attached hydrogens (tertiary/aromatic N) is 1. The normalized spacial score (nSPS) is 26.0. The lowest BCUT2D eigenvalue weighted by atomic mass is 10.2. The summed E-state index contributed by atoms with van der Waals surface area (Å²) in [6.07, 6.45) is 2.11. The molecule has 0 saturated carbocycles. The zero-order valence-electron chi connectivity index (χ0n) is 13.0. The molecule has 0 aliphatic carbocycles. The molecule has 5 nitrogen and oxygen atoms in total. The maximum Gasteiger partial charge on any atom is 0.237 e. The number of rotatable bonds is 5. The number of amides is 1. The van der Waals surface area contributed by atoms with Crippen molar-refractivity contribution in [3.05, 3.63) is 35.9 Å². The molecule has 2 heterocycles. The van der Waals surface area contributed by atoms with Crippen molar-refractivity contribution < 1.29 is 9.53 Å². The number of hydrogen-bond donors (Lipinski definition) is 2. The molecule has 1 aromatic carbocycles. The molecule has 0 bridgehead atoms. The molecule has 1 unspecified atom stereocenters. The molecule has 1 amide bonds. The van der Waals surface area contributed by atoms with Gasteiger partial charge in [-0.15, -0.1) is 0 Å². The second-order valence-corrected chi connectivity index (χ2v) is 6.11. The lowest BCUT2D eigenvalue weighted by molar-refractivity contribution is -0.124. The Morgan fingerprint density at radius 2 is 2.23 bits per heavy atom. The summed E-state index contributed by atoms with van der Waals surface area (Å²) in [5.74, 6) is 0.112. The van der Waals surface area contributed by atoms with Crippen LogP contribution in [0.1, 0.15) is 18.4 Å². The van der Waals surface area contributed by atoms with Crippen LogP contribution in [0.4, 0.5) is 0 Å². The first-order chi connectivity index (χ1) is 10.8. The van der Waals surface area contributed by atoms with Crippen LogP contribution < -0.4 is 10.6 Å². The first kappa shape index (κ1) is 15.5. The number of hydrogen-bond acceptors (Lipinski definition) is 4. The van der Waals surface area contributed by atoms with Crippen LogP contribution in [0.2, 0.25) is 0 Å². The van der Waals surface area contributed by atoms with E-state index in [0.717, 1.165) is 45.6 Å². The molecule has 0 aromatic heterocycles. The largest absolute Gasteiger partial charge is 0.374 e. The number of nitrogens with one attached hydrogen (secondary N) is 2. The lowest BCUT2D eigenvalue weighted by Gasteiger charge is -2.33. The average Bonchev–Trinajstić information content (AvgIpc) is 3.08. The Morgan fingerprint density at radius 1 is 1.36 bits per heavy atom. The Kier molecular flexibility index (Phi) is 5.43. The molecule has 1 aromatic rings. The van der Waals surface area contributed by atoms with Gasteiger partial charge >= 0.3 is 0 Å². The molecule has 2 atom stereocenters. The van der Waals surface area contributed by atoms with Gasteiger partial charge in [0.25, 0.3) is 0 Å². The summed E-state index contributed by atoms with van der Waals surface area (Å²) < 4.78 is 5.78. The number of morpholine rings is 1. The van der Waals surface area contributed by atoms with Gasteiger partial charge in [0.2, 0.25) is 5.91 Å². The number of carbonyl (C=O) groups is 1. The third-order valence-electron chi connectivity index (χ3n) is 4.35. The van der Waals surface area contributed by atoms with Crippen LogP contribution in [0.3, 0.4) is 0 Å². The predicted molar refractivity (Wildman–Crippen MR) is 85.5 cm³/mol. The Balaban J connectivity index is 1.43. The van der Waals surface area contributed by atoms with Crippen LogP contribution in [-0.2, 0) is 16.1 Å². The van der Waals surface area contributed by atoms with Crippen LogP contribution in [0, 0.1) is 0 Å². The summed E-state index contributed by atoms with van der Waals surface area (Å²) in [7, 11) is 0. The van der Waals surface area contributed by atoms with Crippen molar-refractivity contribution in [2.45, 2.75) is 31.5 Å². The van der Waals surface area contributed by atoms with Crippen LogP contribution in [-0.4, -0.2) is 55.7 Å². The third-order valence-corrected chi connectivity index (χ3v) is 4.35. The molecular formula is C17H25N3O2. The summed E-state index contributed by atoms with van der Waals surface area (Å²) in [4.78, 5) is 14.4. The topological polar surface area (TPSA) is 53.6 Å². The monoisotopic (exact) mass is 303 g/mol. The highest BCUT2D eigenvalue weighted by Gasteiger charge is 2.24. The molecule has 5 heteroatoms. The van der Waals surface area contributed by atoms with E-state index in [4.69, 9.17) is 4.74 Å². The minimum Gasteiger partial charge on any atom is -0.374 e. The van der Waals surface area contributed by atoms with E-state index in [1.807, 2.05) is 6.07 Å². The molecule has 0 spiro atoms. The molecule has 22 heavy (non-hydrogen) atoms. The third kappa shape index (κ3) is 4.29. The van der Waals surface area contributed by atoms with Gasteiger partial charge in [-0.25, -0.2) is 0 Å². The fourth-order valence-corrected chi connectivity index (χ4v) is 3.14. The van der Waals surface area contributed by atoms with Crippen LogP contribution in [0.15, 0.2) is 30.3 Å². The van der Waals surface area contributed by atoms with Gasteiger partial charge in [-0.2, -0.15) is 0 Å². The second-order valence-electron chi connectivity index (χ2n) is 6.11. The molecule has 2 aliphatic rings. The molecule has 2 fully saturated rings. The predicted octanol–water partition coefficient (Wildman–Crippen LogP) is 0.756. The quantitative estimate of drug-likeness (QED) is 0.843. The van der Waals surface area contributed by atoms with Crippen LogP contribution in [0.5, 0.6) is 0 Å². The average molecular weight is 303 g/mol. The van der Waals surface area contributed by atoms with E-state index in [1.54, 1.807) is 0 Å². The van der Waals surface area contributed by atoms with E-state index < -0.39 is 0 Å². The number of carbonyl (C=O) groups excluding carboxylic acids is 1. The van der Waals surface area contributed by atoms with Crippen molar-refractivity contribution in [1.29, 1.82) is 0 Å². The Morgan fingerprint density at radius 3 is 3.00 bits per heavy atom. The van der Waals surface area contributed by atoms with E-state index in [-0.39, 0.29) is 18.1 Å². The van der Waals surface area contributed by atoms with Gasteiger partial charge in [-0.05, 0) is 24.9 Å². The second kappa shape index (κ2) is 7.72. The Hall–Kier alpha value is -1.43.